The van der Waals surface area contributed by atoms with E-state index in [0.717, 1.165) is 5.92 Å². The molecule has 0 heterocycles. The fourth-order valence-corrected chi connectivity index (χ4v) is 3.69. The van der Waals surface area contributed by atoms with E-state index in [0.29, 0.717) is 10.8 Å². The molecule has 2 aliphatic rings. The topological polar surface area (TPSA) is 0 Å². The first-order valence-corrected chi connectivity index (χ1v) is 6.13. The summed E-state index contributed by atoms with van der Waals surface area (Å²) < 4.78 is 0. The zero-order chi connectivity index (χ0) is 10.7. The number of benzene rings is 1. The Balaban J connectivity index is 2.03. The molecular formula is C15H20. The molecule has 0 bridgehead atoms. The molecule has 1 aromatic carbocycles. The molecule has 2 aliphatic carbocycles. The maximum absolute atomic E-state index is 2.49. The van der Waals surface area contributed by atoms with Gasteiger partial charge in [0.2, 0.25) is 0 Å². The minimum Gasteiger partial charge on any atom is -0.0590 e. The Bertz CT molecular complexity index is 387. The number of rotatable bonds is 1. The lowest BCUT2D eigenvalue weighted by atomic mass is 9.70. The lowest BCUT2D eigenvalue weighted by molar-refractivity contribution is 0.311. The van der Waals surface area contributed by atoms with Crippen LogP contribution in [0.4, 0.5) is 0 Å². The third-order valence-electron chi connectivity index (χ3n) is 5.35. The van der Waals surface area contributed by atoms with Crippen molar-refractivity contribution in [3.63, 3.8) is 0 Å². The van der Waals surface area contributed by atoms with Crippen LogP contribution in [0.2, 0.25) is 0 Å². The molecule has 0 amide bonds. The second kappa shape index (κ2) is 2.66. The van der Waals surface area contributed by atoms with Crippen LogP contribution in [0.15, 0.2) is 24.3 Å². The van der Waals surface area contributed by atoms with E-state index in [4.69, 9.17) is 0 Å². The van der Waals surface area contributed by atoms with Crippen LogP contribution in [-0.4, -0.2) is 0 Å². The molecule has 0 nitrogen and oxygen atoms in total. The Morgan fingerprint density at radius 1 is 1.13 bits per heavy atom. The standard InChI is InChI=1S/C15H20/c1-11-4-6-12(7-5-11)14(2)9-8-13-10-15(13,14)3/h4-7,13H,8-10H2,1-3H3/t13-,14+,15+/m1/s1. The van der Waals surface area contributed by atoms with Gasteiger partial charge < -0.3 is 0 Å². The third-order valence-corrected chi connectivity index (χ3v) is 5.35. The number of aryl methyl sites for hydroxylation is 1. The Labute approximate surface area is 92.7 Å². The molecule has 0 aromatic heterocycles. The van der Waals surface area contributed by atoms with Gasteiger partial charge in [-0.05, 0) is 48.5 Å². The van der Waals surface area contributed by atoms with Gasteiger partial charge in [0, 0.05) is 0 Å². The molecule has 3 atom stereocenters. The molecule has 2 fully saturated rings. The second-order valence-electron chi connectivity index (χ2n) is 6.06. The Morgan fingerprint density at radius 2 is 1.80 bits per heavy atom. The van der Waals surface area contributed by atoms with E-state index in [1.807, 2.05) is 0 Å². The smallest absolute Gasteiger partial charge is 0.00187 e. The zero-order valence-electron chi connectivity index (χ0n) is 10.0. The molecule has 0 N–H and O–H groups in total. The first-order chi connectivity index (χ1) is 7.06. The van der Waals surface area contributed by atoms with Crippen molar-refractivity contribution in [2.24, 2.45) is 11.3 Å². The highest BCUT2D eigenvalue weighted by Gasteiger charge is 2.65. The number of hydrogen-bond donors (Lipinski definition) is 0. The molecule has 1 aromatic rings. The molecule has 0 heteroatoms. The maximum Gasteiger partial charge on any atom is -0.00187 e. The predicted molar refractivity (Wildman–Crippen MR) is 64.0 cm³/mol. The van der Waals surface area contributed by atoms with Crippen LogP contribution in [0, 0.1) is 18.3 Å². The van der Waals surface area contributed by atoms with Crippen LogP contribution in [0.5, 0.6) is 0 Å². The summed E-state index contributed by atoms with van der Waals surface area (Å²) >= 11 is 0. The van der Waals surface area contributed by atoms with Crippen molar-refractivity contribution in [1.82, 2.24) is 0 Å². The van der Waals surface area contributed by atoms with Crippen molar-refractivity contribution in [1.29, 1.82) is 0 Å². The van der Waals surface area contributed by atoms with Crippen molar-refractivity contribution in [3.05, 3.63) is 35.4 Å². The van der Waals surface area contributed by atoms with E-state index in [9.17, 15) is 0 Å². The summed E-state index contributed by atoms with van der Waals surface area (Å²) in [7, 11) is 0. The largest absolute Gasteiger partial charge is 0.0590 e. The molecule has 0 radical (unpaired) electrons. The average Bonchev–Trinajstić information content (AvgIpc) is 2.82. The Morgan fingerprint density at radius 3 is 2.27 bits per heavy atom. The van der Waals surface area contributed by atoms with Crippen molar-refractivity contribution in [2.75, 3.05) is 0 Å². The van der Waals surface area contributed by atoms with Crippen LogP contribution in [0.1, 0.15) is 44.2 Å². The van der Waals surface area contributed by atoms with Gasteiger partial charge in [0.15, 0.2) is 0 Å². The highest BCUT2D eigenvalue weighted by atomic mass is 14.7. The number of hydrogen-bond acceptors (Lipinski definition) is 0. The number of fused-ring (bicyclic) bond motifs is 1. The Hall–Kier alpha value is -0.780. The van der Waals surface area contributed by atoms with Crippen LogP contribution in [0.3, 0.4) is 0 Å². The minimum absolute atomic E-state index is 0.450. The molecule has 0 spiro atoms. The summed E-state index contributed by atoms with van der Waals surface area (Å²) in [4.78, 5) is 0. The third kappa shape index (κ3) is 1.08. The van der Waals surface area contributed by atoms with Crippen LogP contribution in [-0.2, 0) is 5.41 Å². The first-order valence-electron chi connectivity index (χ1n) is 6.13. The second-order valence-corrected chi connectivity index (χ2v) is 6.06. The van der Waals surface area contributed by atoms with Gasteiger partial charge in [-0.25, -0.2) is 0 Å². The lowest BCUT2D eigenvalue weighted by Crippen LogP contribution is -2.28. The van der Waals surface area contributed by atoms with Crippen LogP contribution < -0.4 is 0 Å². The highest BCUT2D eigenvalue weighted by Crippen LogP contribution is 2.72. The molecule has 0 aliphatic heterocycles. The van der Waals surface area contributed by atoms with Gasteiger partial charge in [0.1, 0.15) is 0 Å². The van der Waals surface area contributed by atoms with Gasteiger partial charge in [-0.2, -0.15) is 0 Å². The van der Waals surface area contributed by atoms with E-state index in [2.05, 4.69) is 45.0 Å². The fraction of sp³-hybridized carbons (Fsp3) is 0.600. The van der Waals surface area contributed by atoms with Crippen molar-refractivity contribution in [3.8, 4) is 0 Å². The zero-order valence-corrected chi connectivity index (χ0v) is 10.0. The van der Waals surface area contributed by atoms with E-state index < -0.39 is 0 Å². The monoisotopic (exact) mass is 200 g/mol. The van der Waals surface area contributed by atoms with Crippen molar-refractivity contribution < 1.29 is 0 Å². The van der Waals surface area contributed by atoms with Crippen molar-refractivity contribution in [2.45, 2.75) is 45.4 Å². The summed E-state index contributed by atoms with van der Waals surface area (Å²) in [6.45, 7) is 7.14. The fourth-order valence-electron chi connectivity index (χ4n) is 3.69. The van der Waals surface area contributed by atoms with Crippen LogP contribution in [0.25, 0.3) is 0 Å². The van der Waals surface area contributed by atoms with Crippen molar-refractivity contribution >= 4 is 0 Å². The van der Waals surface area contributed by atoms with Gasteiger partial charge in [-0.15, -0.1) is 0 Å². The summed E-state index contributed by atoms with van der Waals surface area (Å²) in [5, 5.41) is 0. The summed E-state index contributed by atoms with van der Waals surface area (Å²) in [6.07, 6.45) is 4.29. The first kappa shape index (κ1) is 9.45. The minimum atomic E-state index is 0.450. The van der Waals surface area contributed by atoms with E-state index in [-0.39, 0.29) is 0 Å². The quantitative estimate of drug-likeness (QED) is 0.641. The SMILES string of the molecule is Cc1ccc([C@]2(C)CC[C@@H]3C[C@@]32C)cc1. The summed E-state index contributed by atoms with van der Waals surface area (Å²) in [5.74, 6) is 1.02. The Kier molecular flexibility index (Phi) is 1.68. The molecule has 3 rings (SSSR count). The normalized spacial score (nSPS) is 42.7. The van der Waals surface area contributed by atoms with Gasteiger partial charge in [0.05, 0.1) is 0 Å². The molecule has 0 saturated heterocycles. The van der Waals surface area contributed by atoms with E-state index >= 15 is 0 Å². The summed E-state index contributed by atoms with van der Waals surface area (Å²) in [5.41, 5.74) is 4.00. The summed E-state index contributed by atoms with van der Waals surface area (Å²) in [6, 6.07) is 9.22. The molecule has 2 saturated carbocycles. The molecular weight excluding hydrogens is 180 g/mol. The van der Waals surface area contributed by atoms with E-state index in [1.165, 1.54) is 24.8 Å². The van der Waals surface area contributed by atoms with Crippen LogP contribution >= 0.6 is 0 Å². The molecule has 15 heavy (non-hydrogen) atoms. The van der Waals surface area contributed by atoms with Gasteiger partial charge in [-0.3, -0.25) is 0 Å². The predicted octanol–water partition coefficient (Wildman–Crippen LogP) is 4.07. The van der Waals surface area contributed by atoms with Gasteiger partial charge in [0.25, 0.3) is 0 Å². The average molecular weight is 200 g/mol. The molecule has 80 valence electrons. The van der Waals surface area contributed by atoms with Gasteiger partial charge >= 0.3 is 0 Å². The molecule has 0 unspecified atom stereocenters. The lowest BCUT2D eigenvalue weighted by Gasteiger charge is -2.33. The van der Waals surface area contributed by atoms with Gasteiger partial charge in [-0.1, -0.05) is 43.7 Å². The highest BCUT2D eigenvalue weighted by molar-refractivity contribution is 5.36. The maximum atomic E-state index is 2.49. The van der Waals surface area contributed by atoms with E-state index in [1.54, 1.807) is 5.56 Å².